The summed E-state index contributed by atoms with van der Waals surface area (Å²) in [5.41, 5.74) is 2.34. The second-order valence-electron chi connectivity index (χ2n) is 3.88. The van der Waals surface area contributed by atoms with Crippen molar-refractivity contribution in [1.82, 2.24) is 0 Å². The molecular weight excluding hydrogens is 200 g/mol. The van der Waals surface area contributed by atoms with E-state index in [4.69, 9.17) is 0 Å². The number of phenolic OH excluding ortho intramolecular Hbond substituents is 1. The fraction of sp³-hybridized carbons (Fsp3) is 0.143. The van der Waals surface area contributed by atoms with Gasteiger partial charge in [0, 0.05) is 5.56 Å². The second-order valence-corrected chi connectivity index (χ2v) is 3.88. The van der Waals surface area contributed by atoms with E-state index in [0.717, 1.165) is 11.1 Å². The first-order valence-corrected chi connectivity index (χ1v) is 5.21. The van der Waals surface area contributed by atoms with Gasteiger partial charge < -0.3 is 10.2 Å². The van der Waals surface area contributed by atoms with Crippen molar-refractivity contribution in [3.05, 3.63) is 65.2 Å². The van der Waals surface area contributed by atoms with Gasteiger partial charge in [-0.15, -0.1) is 0 Å². The lowest BCUT2D eigenvalue weighted by molar-refractivity contribution is 0.215. The minimum absolute atomic E-state index is 0.127. The number of hydrogen-bond acceptors (Lipinski definition) is 2. The van der Waals surface area contributed by atoms with Crippen LogP contribution in [0.2, 0.25) is 0 Å². The van der Waals surface area contributed by atoms with Crippen LogP contribution in [0.5, 0.6) is 5.75 Å². The first-order valence-electron chi connectivity index (χ1n) is 5.21. The zero-order valence-electron chi connectivity index (χ0n) is 9.09. The average Bonchev–Trinajstić information content (AvgIpc) is 2.32. The molecule has 0 radical (unpaired) electrons. The molecule has 82 valence electrons. The third-order valence-corrected chi connectivity index (χ3v) is 2.59. The molecule has 0 aromatic heterocycles. The molecule has 0 heterocycles. The molecule has 0 saturated heterocycles. The van der Waals surface area contributed by atoms with E-state index in [0.29, 0.717) is 5.56 Å². The highest BCUT2D eigenvalue weighted by atomic mass is 16.3. The predicted octanol–water partition coefficient (Wildman–Crippen LogP) is 2.78. The largest absolute Gasteiger partial charge is 0.508 e. The quantitative estimate of drug-likeness (QED) is 0.807. The maximum Gasteiger partial charge on any atom is 0.121 e. The van der Waals surface area contributed by atoms with Crippen LogP contribution in [0, 0.1) is 6.92 Å². The summed E-state index contributed by atoms with van der Waals surface area (Å²) in [6, 6.07) is 14.5. The van der Waals surface area contributed by atoms with E-state index >= 15 is 0 Å². The Morgan fingerprint density at radius 2 is 1.69 bits per heavy atom. The standard InChI is InChI=1S/C14H14O2/c1-10-7-8-13(15)12(9-10)14(16)11-5-3-2-4-6-11/h2-9,14-16H,1H3. The van der Waals surface area contributed by atoms with Crippen molar-refractivity contribution in [3.63, 3.8) is 0 Å². The number of benzene rings is 2. The van der Waals surface area contributed by atoms with Gasteiger partial charge in [0.25, 0.3) is 0 Å². The van der Waals surface area contributed by atoms with Crippen LogP contribution in [0.15, 0.2) is 48.5 Å². The molecule has 16 heavy (non-hydrogen) atoms. The Labute approximate surface area is 94.8 Å². The van der Waals surface area contributed by atoms with E-state index in [2.05, 4.69) is 0 Å². The van der Waals surface area contributed by atoms with Gasteiger partial charge in [-0.3, -0.25) is 0 Å². The summed E-state index contributed by atoms with van der Waals surface area (Å²) in [6.45, 7) is 1.93. The normalized spacial score (nSPS) is 12.4. The van der Waals surface area contributed by atoms with Crippen LogP contribution in [0.3, 0.4) is 0 Å². The van der Waals surface area contributed by atoms with Crippen molar-refractivity contribution >= 4 is 0 Å². The Morgan fingerprint density at radius 1 is 1.00 bits per heavy atom. The first kappa shape index (κ1) is 10.7. The molecule has 2 heteroatoms. The fourth-order valence-corrected chi connectivity index (χ4v) is 1.71. The van der Waals surface area contributed by atoms with E-state index in [-0.39, 0.29) is 5.75 Å². The SMILES string of the molecule is Cc1ccc(O)c(C(O)c2ccccc2)c1. The Hall–Kier alpha value is -1.80. The monoisotopic (exact) mass is 214 g/mol. The summed E-state index contributed by atoms with van der Waals surface area (Å²) >= 11 is 0. The van der Waals surface area contributed by atoms with Gasteiger partial charge in [0.15, 0.2) is 0 Å². The highest BCUT2D eigenvalue weighted by Gasteiger charge is 2.13. The van der Waals surface area contributed by atoms with Crippen LogP contribution in [0.1, 0.15) is 22.8 Å². The summed E-state index contributed by atoms with van der Waals surface area (Å²) in [5.74, 6) is 0.127. The Bertz CT molecular complexity index is 477. The lowest BCUT2D eigenvalue weighted by Crippen LogP contribution is -2.00. The molecule has 0 spiro atoms. The molecule has 2 N–H and O–H groups in total. The number of aliphatic hydroxyl groups is 1. The summed E-state index contributed by atoms with van der Waals surface area (Å²) < 4.78 is 0. The molecule has 2 aromatic carbocycles. The van der Waals surface area contributed by atoms with Crippen LogP contribution in [-0.2, 0) is 0 Å². The maximum absolute atomic E-state index is 10.1. The van der Waals surface area contributed by atoms with Gasteiger partial charge in [-0.25, -0.2) is 0 Å². The van der Waals surface area contributed by atoms with Crippen molar-refractivity contribution < 1.29 is 10.2 Å². The zero-order chi connectivity index (χ0) is 11.5. The second kappa shape index (κ2) is 4.37. The summed E-state index contributed by atoms with van der Waals surface area (Å²) in [7, 11) is 0. The molecule has 0 fully saturated rings. The molecule has 0 aliphatic heterocycles. The molecule has 0 amide bonds. The number of aryl methyl sites for hydroxylation is 1. The highest BCUT2D eigenvalue weighted by molar-refractivity contribution is 5.41. The number of rotatable bonds is 2. The van der Waals surface area contributed by atoms with E-state index in [1.807, 2.05) is 43.3 Å². The van der Waals surface area contributed by atoms with Crippen molar-refractivity contribution in [2.45, 2.75) is 13.0 Å². The van der Waals surface area contributed by atoms with Crippen molar-refractivity contribution in [2.24, 2.45) is 0 Å². The van der Waals surface area contributed by atoms with E-state index in [1.165, 1.54) is 0 Å². The average molecular weight is 214 g/mol. The number of aliphatic hydroxyl groups excluding tert-OH is 1. The number of phenols is 1. The maximum atomic E-state index is 10.1. The first-order chi connectivity index (χ1) is 7.68. The van der Waals surface area contributed by atoms with Gasteiger partial charge in [-0.1, -0.05) is 42.0 Å². The lowest BCUT2D eigenvalue weighted by atomic mass is 9.99. The molecule has 0 aliphatic rings. The summed E-state index contributed by atoms with van der Waals surface area (Å²) in [4.78, 5) is 0. The number of hydrogen-bond donors (Lipinski definition) is 2. The Kier molecular flexibility index (Phi) is 2.93. The van der Waals surface area contributed by atoms with Crippen LogP contribution in [0.25, 0.3) is 0 Å². The van der Waals surface area contributed by atoms with Crippen LogP contribution in [0.4, 0.5) is 0 Å². The fourth-order valence-electron chi connectivity index (χ4n) is 1.71. The molecule has 0 saturated carbocycles. The third-order valence-electron chi connectivity index (χ3n) is 2.59. The summed E-state index contributed by atoms with van der Waals surface area (Å²) in [6.07, 6.45) is -0.777. The summed E-state index contributed by atoms with van der Waals surface area (Å²) in [5, 5.41) is 19.8. The van der Waals surface area contributed by atoms with Gasteiger partial charge in [0.2, 0.25) is 0 Å². The highest BCUT2D eigenvalue weighted by Crippen LogP contribution is 2.29. The minimum Gasteiger partial charge on any atom is -0.508 e. The van der Waals surface area contributed by atoms with Crippen LogP contribution in [-0.4, -0.2) is 10.2 Å². The van der Waals surface area contributed by atoms with Gasteiger partial charge in [0.1, 0.15) is 11.9 Å². The predicted molar refractivity (Wildman–Crippen MR) is 63.3 cm³/mol. The van der Waals surface area contributed by atoms with Crippen LogP contribution < -0.4 is 0 Å². The molecule has 0 bridgehead atoms. The minimum atomic E-state index is -0.777. The van der Waals surface area contributed by atoms with Gasteiger partial charge in [-0.2, -0.15) is 0 Å². The topological polar surface area (TPSA) is 40.5 Å². The Morgan fingerprint density at radius 3 is 2.38 bits per heavy atom. The molecule has 1 unspecified atom stereocenters. The van der Waals surface area contributed by atoms with E-state index in [9.17, 15) is 10.2 Å². The smallest absolute Gasteiger partial charge is 0.121 e. The van der Waals surface area contributed by atoms with Crippen molar-refractivity contribution in [2.75, 3.05) is 0 Å². The Balaban J connectivity index is 2.41. The number of aromatic hydroxyl groups is 1. The van der Waals surface area contributed by atoms with Gasteiger partial charge in [0.05, 0.1) is 0 Å². The lowest BCUT2D eigenvalue weighted by Gasteiger charge is -2.13. The van der Waals surface area contributed by atoms with Gasteiger partial charge >= 0.3 is 0 Å². The molecule has 2 aromatic rings. The van der Waals surface area contributed by atoms with Gasteiger partial charge in [-0.05, 0) is 24.6 Å². The molecular formula is C14H14O2. The van der Waals surface area contributed by atoms with Crippen LogP contribution >= 0.6 is 0 Å². The molecule has 2 rings (SSSR count). The third kappa shape index (κ3) is 2.07. The van der Waals surface area contributed by atoms with E-state index in [1.54, 1.807) is 12.1 Å². The molecule has 1 atom stereocenters. The van der Waals surface area contributed by atoms with Crippen molar-refractivity contribution in [3.8, 4) is 5.75 Å². The van der Waals surface area contributed by atoms with Crippen molar-refractivity contribution in [1.29, 1.82) is 0 Å². The molecule has 0 aliphatic carbocycles. The zero-order valence-corrected chi connectivity index (χ0v) is 9.09. The molecule has 2 nitrogen and oxygen atoms in total. The van der Waals surface area contributed by atoms with E-state index < -0.39 is 6.10 Å².